The fourth-order valence-corrected chi connectivity index (χ4v) is 3.27. The lowest BCUT2D eigenvalue weighted by Crippen LogP contribution is -2.20. The van der Waals surface area contributed by atoms with Gasteiger partial charge in [-0.25, -0.2) is 4.39 Å². The van der Waals surface area contributed by atoms with Crippen molar-refractivity contribution in [3.63, 3.8) is 0 Å². The Labute approximate surface area is 132 Å². The van der Waals surface area contributed by atoms with Crippen molar-refractivity contribution in [1.29, 1.82) is 0 Å². The van der Waals surface area contributed by atoms with Crippen LogP contribution in [0.2, 0.25) is 0 Å². The summed E-state index contributed by atoms with van der Waals surface area (Å²) in [6.07, 6.45) is 0.327. The molecular weight excluding hydrogens is 301 g/mol. The summed E-state index contributed by atoms with van der Waals surface area (Å²) in [5.74, 6) is -0.191. The van der Waals surface area contributed by atoms with E-state index < -0.39 is 0 Å². The molecule has 22 heavy (non-hydrogen) atoms. The fraction of sp³-hybridized carbons (Fsp3) is 0.176. The predicted molar refractivity (Wildman–Crippen MR) is 85.0 cm³/mol. The summed E-state index contributed by atoms with van der Waals surface area (Å²) in [7, 11) is 1.73. The van der Waals surface area contributed by atoms with Crippen LogP contribution in [-0.4, -0.2) is 24.5 Å². The van der Waals surface area contributed by atoms with Crippen LogP contribution in [0.5, 0.6) is 0 Å². The van der Waals surface area contributed by atoms with Crippen LogP contribution in [0.25, 0.3) is 0 Å². The Bertz CT molecular complexity index is 760. The number of halogens is 1. The van der Waals surface area contributed by atoms with E-state index in [4.69, 9.17) is 0 Å². The number of thioether (sulfide) groups is 1. The Morgan fingerprint density at radius 2 is 2.05 bits per heavy atom. The maximum Gasteiger partial charge on any atom is 0.231 e. The van der Waals surface area contributed by atoms with Crippen LogP contribution in [0, 0.1) is 5.82 Å². The van der Waals surface area contributed by atoms with Gasteiger partial charge in [0, 0.05) is 23.2 Å². The van der Waals surface area contributed by atoms with Gasteiger partial charge in [0.2, 0.25) is 5.91 Å². The van der Waals surface area contributed by atoms with Gasteiger partial charge in [0.05, 0.1) is 12.2 Å². The van der Waals surface area contributed by atoms with Crippen molar-refractivity contribution in [1.82, 2.24) is 0 Å². The number of benzene rings is 2. The lowest BCUT2D eigenvalue weighted by Gasteiger charge is -2.10. The Morgan fingerprint density at radius 3 is 2.82 bits per heavy atom. The molecule has 0 saturated carbocycles. The normalized spacial score (nSPS) is 13.4. The van der Waals surface area contributed by atoms with E-state index in [1.807, 2.05) is 0 Å². The second-order valence-electron chi connectivity index (χ2n) is 5.12. The third-order valence-corrected chi connectivity index (χ3v) is 4.72. The lowest BCUT2D eigenvalue weighted by molar-refractivity contribution is -0.117. The zero-order valence-corrected chi connectivity index (χ0v) is 12.8. The maximum atomic E-state index is 13.5. The van der Waals surface area contributed by atoms with Gasteiger partial charge < -0.3 is 4.90 Å². The average Bonchev–Trinajstić information content (AvgIpc) is 2.80. The number of anilines is 1. The molecule has 0 radical (unpaired) electrons. The number of hydrogen-bond acceptors (Lipinski definition) is 3. The highest BCUT2D eigenvalue weighted by atomic mass is 32.2. The lowest BCUT2D eigenvalue weighted by atomic mass is 10.1. The van der Waals surface area contributed by atoms with Crippen molar-refractivity contribution in [2.24, 2.45) is 0 Å². The maximum absolute atomic E-state index is 13.5. The summed E-state index contributed by atoms with van der Waals surface area (Å²) in [6.45, 7) is 0. The third kappa shape index (κ3) is 2.76. The topological polar surface area (TPSA) is 37.4 Å². The van der Waals surface area contributed by atoms with Gasteiger partial charge in [0.1, 0.15) is 5.82 Å². The molecule has 5 heteroatoms. The zero-order valence-electron chi connectivity index (χ0n) is 12.0. The summed E-state index contributed by atoms with van der Waals surface area (Å²) < 4.78 is 13.5. The van der Waals surface area contributed by atoms with Gasteiger partial charge in [-0.15, -0.1) is 11.8 Å². The van der Waals surface area contributed by atoms with Crippen LogP contribution >= 0.6 is 11.8 Å². The van der Waals surface area contributed by atoms with E-state index in [0.29, 0.717) is 16.9 Å². The summed E-state index contributed by atoms with van der Waals surface area (Å²) in [5, 5.41) is 0. The number of amides is 1. The van der Waals surface area contributed by atoms with Gasteiger partial charge in [-0.05, 0) is 35.9 Å². The van der Waals surface area contributed by atoms with Gasteiger partial charge >= 0.3 is 0 Å². The molecule has 0 atom stereocenters. The highest BCUT2D eigenvalue weighted by molar-refractivity contribution is 8.00. The first-order valence-corrected chi connectivity index (χ1v) is 7.85. The third-order valence-electron chi connectivity index (χ3n) is 3.67. The molecule has 0 N–H and O–H groups in total. The summed E-state index contributed by atoms with van der Waals surface area (Å²) in [6, 6.07) is 11.7. The molecule has 112 valence electrons. The summed E-state index contributed by atoms with van der Waals surface area (Å²) in [5.41, 5.74) is 2.28. The first-order valence-electron chi connectivity index (χ1n) is 6.86. The van der Waals surface area contributed by atoms with Crippen molar-refractivity contribution in [2.75, 3.05) is 17.7 Å². The number of hydrogen-bond donors (Lipinski definition) is 0. The van der Waals surface area contributed by atoms with Crippen LogP contribution in [0.1, 0.15) is 15.9 Å². The van der Waals surface area contributed by atoms with Crippen molar-refractivity contribution >= 4 is 29.1 Å². The number of rotatable bonds is 4. The highest BCUT2D eigenvalue weighted by Crippen LogP contribution is 2.29. The average molecular weight is 315 g/mol. The predicted octanol–water partition coefficient (Wildman–Crippen LogP) is 3.32. The van der Waals surface area contributed by atoms with Crippen molar-refractivity contribution in [3.8, 4) is 0 Å². The molecule has 1 amide bonds. The molecule has 0 fully saturated rings. The van der Waals surface area contributed by atoms with E-state index >= 15 is 0 Å². The number of Topliss-reactive ketones (excluding diaryl/α,β-unsaturated/α-hetero) is 1. The Hall–Kier alpha value is -2.14. The first-order chi connectivity index (χ1) is 10.6. The van der Waals surface area contributed by atoms with Gasteiger partial charge in [-0.1, -0.05) is 12.1 Å². The minimum Gasteiger partial charge on any atom is -0.315 e. The van der Waals surface area contributed by atoms with E-state index in [2.05, 4.69) is 0 Å². The quantitative estimate of drug-likeness (QED) is 0.641. The molecule has 0 spiro atoms. The molecule has 0 aromatic heterocycles. The summed E-state index contributed by atoms with van der Waals surface area (Å²) >= 11 is 1.18. The largest absolute Gasteiger partial charge is 0.315 e. The molecule has 3 rings (SSSR count). The number of ketones is 1. The van der Waals surface area contributed by atoms with E-state index in [1.54, 1.807) is 48.3 Å². The highest BCUT2D eigenvalue weighted by Gasteiger charge is 2.24. The molecule has 2 aromatic carbocycles. The molecule has 0 unspecified atom stereocenters. The van der Waals surface area contributed by atoms with Crippen LogP contribution in [-0.2, 0) is 11.2 Å². The van der Waals surface area contributed by atoms with Crippen molar-refractivity contribution in [3.05, 3.63) is 59.4 Å². The Morgan fingerprint density at radius 1 is 1.27 bits per heavy atom. The smallest absolute Gasteiger partial charge is 0.231 e. The second-order valence-corrected chi connectivity index (χ2v) is 6.13. The van der Waals surface area contributed by atoms with Crippen molar-refractivity contribution < 1.29 is 14.0 Å². The van der Waals surface area contributed by atoms with Gasteiger partial charge in [-0.3, -0.25) is 9.59 Å². The molecule has 0 bridgehead atoms. The molecule has 1 aliphatic heterocycles. The minimum absolute atomic E-state index is 0.0281. The molecule has 0 aliphatic carbocycles. The number of carbonyl (C=O) groups is 2. The van der Waals surface area contributed by atoms with E-state index in [9.17, 15) is 14.0 Å². The van der Waals surface area contributed by atoms with Crippen molar-refractivity contribution in [2.45, 2.75) is 11.3 Å². The Balaban J connectivity index is 1.73. The second kappa shape index (κ2) is 5.93. The van der Waals surface area contributed by atoms with Crippen LogP contribution < -0.4 is 4.90 Å². The van der Waals surface area contributed by atoms with Crippen LogP contribution in [0.4, 0.5) is 10.1 Å². The molecule has 0 saturated heterocycles. The minimum atomic E-state index is -0.318. The number of fused-ring (bicyclic) bond motifs is 1. The Kier molecular flexibility index (Phi) is 3.98. The summed E-state index contributed by atoms with van der Waals surface area (Å²) in [4.78, 5) is 26.0. The SMILES string of the molecule is CN1C(=O)Cc2cc(C(=O)CSc3ccccc3F)ccc21. The first kappa shape index (κ1) is 14.8. The van der Waals surface area contributed by atoms with Gasteiger partial charge in [0.15, 0.2) is 5.78 Å². The number of likely N-dealkylation sites (N-methyl/N-ethyl adjacent to an activating group) is 1. The van der Waals surface area contributed by atoms with Gasteiger partial charge in [-0.2, -0.15) is 0 Å². The number of carbonyl (C=O) groups excluding carboxylic acids is 2. The molecular formula is C17H14FNO2S. The van der Waals surface area contributed by atoms with Gasteiger partial charge in [0.25, 0.3) is 0 Å². The molecule has 1 aliphatic rings. The number of nitrogens with zero attached hydrogens (tertiary/aromatic N) is 1. The monoisotopic (exact) mass is 315 g/mol. The fourth-order valence-electron chi connectivity index (χ4n) is 2.43. The molecule has 1 heterocycles. The van der Waals surface area contributed by atoms with E-state index in [0.717, 1.165) is 11.3 Å². The molecule has 3 nitrogen and oxygen atoms in total. The van der Waals surface area contributed by atoms with Crippen LogP contribution in [0.3, 0.4) is 0 Å². The zero-order chi connectivity index (χ0) is 15.7. The molecule has 2 aromatic rings. The van der Waals surface area contributed by atoms with E-state index in [-0.39, 0.29) is 23.3 Å². The van der Waals surface area contributed by atoms with Crippen LogP contribution in [0.15, 0.2) is 47.4 Å². The van der Waals surface area contributed by atoms with E-state index in [1.165, 1.54) is 17.8 Å². The standard InChI is InChI=1S/C17H14FNO2S/c1-19-14-7-6-11(8-12(14)9-17(19)21)15(20)10-22-16-5-3-2-4-13(16)18/h2-8H,9-10H2,1H3.